The molecule has 3 heterocycles. The first kappa shape index (κ1) is 22.8. The molecule has 2 fully saturated rings. The Morgan fingerprint density at radius 2 is 1.91 bits per heavy atom. The Bertz CT molecular complexity index is 1060. The molecule has 8 heteroatoms. The summed E-state index contributed by atoms with van der Waals surface area (Å²) in [6.07, 6.45) is 6.59. The normalized spacial score (nSPS) is 24.2. The van der Waals surface area contributed by atoms with Gasteiger partial charge in [0.15, 0.2) is 0 Å². The number of hydrogen-bond donors (Lipinski definition) is 0. The van der Waals surface area contributed by atoms with Crippen molar-refractivity contribution in [3.8, 4) is 11.6 Å². The van der Waals surface area contributed by atoms with Crippen LogP contribution in [-0.4, -0.2) is 59.9 Å². The van der Waals surface area contributed by atoms with Crippen molar-refractivity contribution < 1.29 is 23.5 Å². The molecule has 2 aromatic rings. The van der Waals surface area contributed by atoms with Crippen molar-refractivity contribution in [2.24, 2.45) is 5.92 Å². The van der Waals surface area contributed by atoms with E-state index in [0.29, 0.717) is 37.0 Å². The number of halogens is 1. The summed E-state index contributed by atoms with van der Waals surface area (Å²) in [6, 6.07) is 7.37. The van der Waals surface area contributed by atoms with E-state index in [1.165, 1.54) is 37.1 Å². The fraction of sp³-hybridized carbons (Fsp3) is 0.500. The van der Waals surface area contributed by atoms with Gasteiger partial charge < -0.3 is 19.3 Å². The van der Waals surface area contributed by atoms with E-state index >= 15 is 0 Å². The number of carbonyl (C=O) groups excluding carboxylic acids is 2. The van der Waals surface area contributed by atoms with E-state index in [1.807, 2.05) is 18.0 Å². The van der Waals surface area contributed by atoms with E-state index < -0.39 is 11.6 Å². The van der Waals surface area contributed by atoms with Gasteiger partial charge in [-0.05, 0) is 81.9 Å². The van der Waals surface area contributed by atoms with Crippen molar-refractivity contribution in [2.45, 2.75) is 44.1 Å². The van der Waals surface area contributed by atoms with E-state index in [0.717, 1.165) is 31.7 Å². The number of rotatable bonds is 6. The van der Waals surface area contributed by atoms with Crippen LogP contribution in [0.15, 0.2) is 36.5 Å². The minimum Gasteiger partial charge on any atom is -0.450 e. The van der Waals surface area contributed by atoms with Gasteiger partial charge in [-0.25, -0.2) is 14.2 Å². The molecule has 1 saturated carbocycles. The molecule has 7 nitrogen and oxygen atoms in total. The Hall–Kier alpha value is -3.00. The van der Waals surface area contributed by atoms with Crippen molar-refractivity contribution >= 4 is 11.9 Å². The maximum Gasteiger partial charge on any atom is 0.345 e. The van der Waals surface area contributed by atoms with Gasteiger partial charge in [0.1, 0.15) is 22.7 Å². The van der Waals surface area contributed by atoms with Crippen LogP contribution in [0.5, 0.6) is 11.6 Å². The maximum atomic E-state index is 13.2. The van der Waals surface area contributed by atoms with Crippen molar-refractivity contribution in [1.82, 2.24) is 14.8 Å². The Kier molecular flexibility index (Phi) is 6.25. The number of carbonyl (C=O) groups is 2. The lowest BCUT2D eigenvalue weighted by atomic mass is 9.75. The van der Waals surface area contributed by atoms with Gasteiger partial charge in [-0.1, -0.05) is 0 Å². The maximum absolute atomic E-state index is 13.2. The highest BCUT2D eigenvalue weighted by atomic mass is 19.1. The topological polar surface area (TPSA) is 72.0 Å². The van der Waals surface area contributed by atoms with Gasteiger partial charge in [0.2, 0.25) is 11.8 Å². The van der Waals surface area contributed by atoms with E-state index in [4.69, 9.17) is 9.47 Å². The zero-order valence-electron chi connectivity index (χ0n) is 19.5. The van der Waals surface area contributed by atoms with Crippen LogP contribution in [0, 0.1) is 11.7 Å². The van der Waals surface area contributed by atoms with E-state index in [9.17, 15) is 14.0 Å². The number of benzene rings is 1. The second-order valence-electron chi connectivity index (χ2n) is 9.56. The lowest BCUT2D eigenvalue weighted by Crippen LogP contribution is -2.41. The van der Waals surface area contributed by atoms with Crippen LogP contribution in [0.3, 0.4) is 0 Å². The number of aromatic nitrogens is 1. The molecule has 180 valence electrons. The van der Waals surface area contributed by atoms with Gasteiger partial charge >= 0.3 is 5.97 Å². The number of ether oxygens (including phenoxy) is 2. The van der Waals surface area contributed by atoms with Crippen LogP contribution >= 0.6 is 0 Å². The van der Waals surface area contributed by atoms with E-state index in [2.05, 4.69) is 9.88 Å². The third-order valence-electron chi connectivity index (χ3n) is 7.40. The van der Waals surface area contributed by atoms with Crippen LogP contribution in [-0.2, 0) is 15.1 Å². The fourth-order valence-electron chi connectivity index (χ4n) is 5.42. The number of nitrogens with zero attached hydrogens (tertiary/aromatic N) is 3. The largest absolute Gasteiger partial charge is 0.450 e. The molecule has 2 aliphatic heterocycles. The van der Waals surface area contributed by atoms with Crippen LogP contribution in [0.1, 0.15) is 54.4 Å². The van der Waals surface area contributed by atoms with Crippen molar-refractivity contribution in [3.05, 3.63) is 53.5 Å². The lowest BCUT2D eigenvalue weighted by Gasteiger charge is -2.37. The third kappa shape index (κ3) is 4.39. The Balaban J connectivity index is 1.25. The standard InChI is InChI=1S/C26H30FN3O4/c1-29(16-17-30-14-2-3-15-30)24(31)18-8-11-26(12-9-18)21-10-13-28-23(22(21)25(32)34-26)33-20-6-4-19(27)5-7-20/h4-7,10,13,18H,2-3,8-9,11-12,14-17H2,1H3/t18-,26-. The smallest absolute Gasteiger partial charge is 0.345 e. The predicted molar refractivity (Wildman–Crippen MR) is 123 cm³/mol. The van der Waals surface area contributed by atoms with Crippen molar-refractivity contribution in [1.29, 1.82) is 0 Å². The summed E-state index contributed by atoms with van der Waals surface area (Å²) in [4.78, 5) is 34.4. The van der Waals surface area contributed by atoms with Crippen LogP contribution < -0.4 is 4.74 Å². The molecule has 1 saturated heterocycles. The fourth-order valence-corrected chi connectivity index (χ4v) is 5.42. The SMILES string of the molecule is CN(CCN1CCCC1)C(=O)[C@H]1CC[C@@]2(CC1)OC(=O)c1c(Oc3ccc(F)cc3)nccc12. The number of amides is 1. The lowest BCUT2D eigenvalue weighted by molar-refractivity contribution is -0.137. The minimum absolute atomic E-state index is 0.0614. The van der Waals surface area contributed by atoms with Gasteiger partial charge in [-0.3, -0.25) is 4.79 Å². The van der Waals surface area contributed by atoms with Crippen LogP contribution in [0.25, 0.3) is 0 Å². The Morgan fingerprint density at radius 3 is 2.62 bits per heavy atom. The second-order valence-corrected chi connectivity index (χ2v) is 9.56. The number of esters is 1. The highest BCUT2D eigenvalue weighted by molar-refractivity contribution is 5.97. The molecule has 1 aliphatic carbocycles. The summed E-state index contributed by atoms with van der Waals surface area (Å²) in [6.45, 7) is 3.92. The first-order chi connectivity index (χ1) is 16.4. The van der Waals surface area contributed by atoms with Gasteiger partial charge in [0.05, 0.1) is 0 Å². The molecular weight excluding hydrogens is 437 g/mol. The number of fused-ring (bicyclic) bond motifs is 2. The molecule has 1 spiro atoms. The van der Waals surface area contributed by atoms with E-state index in [1.54, 1.807) is 6.20 Å². The van der Waals surface area contributed by atoms with Crippen molar-refractivity contribution in [3.63, 3.8) is 0 Å². The molecule has 1 aromatic carbocycles. The summed E-state index contributed by atoms with van der Waals surface area (Å²) in [7, 11) is 1.89. The van der Waals surface area contributed by atoms with Gasteiger partial charge in [-0.2, -0.15) is 0 Å². The van der Waals surface area contributed by atoms with Gasteiger partial charge in [0.25, 0.3) is 0 Å². The quantitative estimate of drug-likeness (QED) is 0.595. The Labute approximate surface area is 198 Å². The molecule has 0 bridgehead atoms. The molecule has 0 unspecified atom stereocenters. The van der Waals surface area contributed by atoms with E-state index in [-0.39, 0.29) is 23.5 Å². The van der Waals surface area contributed by atoms with Gasteiger partial charge in [-0.15, -0.1) is 0 Å². The number of pyridine rings is 1. The molecule has 3 aliphatic rings. The molecule has 0 N–H and O–H groups in total. The summed E-state index contributed by atoms with van der Waals surface area (Å²) in [5, 5.41) is 0. The molecule has 0 atom stereocenters. The van der Waals surface area contributed by atoms with Crippen LogP contribution in [0.2, 0.25) is 0 Å². The summed E-state index contributed by atoms with van der Waals surface area (Å²) in [5.41, 5.74) is 0.332. The zero-order chi connectivity index (χ0) is 23.7. The predicted octanol–water partition coefficient (Wildman–Crippen LogP) is 4.12. The highest BCUT2D eigenvalue weighted by Gasteiger charge is 2.50. The highest BCUT2D eigenvalue weighted by Crippen LogP contribution is 2.50. The number of likely N-dealkylation sites (tertiary alicyclic amines) is 1. The number of likely N-dealkylation sites (N-methyl/N-ethyl adjacent to an activating group) is 1. The first-order valence-corrected chi connectivity index (χ1v) is 12.1. The summed E-state index contributed by atoms with van der Waals surface area (Å²) in [5.74, 6) is -0.173. The second kappa shape index (κ2) is 9.33. The average Bonchev–Trinajstić information content (AvgIpc) is 3.46. The van der Waals surface area contributed by atoms with Crippen molar-refractivity contribution in [2.75, 3.05) is 33.2 Å². The molecular formula is C26H30FN3O4. The monoisotopic (exact) mass is 467 g/mol. The number of hydrogen-bond acceptors (Lipinski definition) is 6. The summed E-state index contributed by atoms with van der Waals surface area (Å²) < 4.78 is 24.9. The van der Waals surface area contributed by atoms with Gasteiger partial charge in [0, 0.05) is 37.8 Å². The third-order valence-corrected chi connectivity index (χ3v) is 7.40. The molecule has 1 amide bonds. The first-order valence-electron chi connectivity index (χ1n) is 12.1. The molecule has 0 radical (unpaired) electrons. The zero-order valence-corrected chi connectivity index (χ0v) is 19.5. The molecule has 5 rings (SSSR count). The summed E-state index contributed by atoms with van der Waals surface area (Å²) >= 11 is 0. The average molecular weight is 468 g/mol. The Morgan fingerprint density at radius 1 is 1.21 bits per heavy atom. The molecule has 1 aromatic heterocycles. The molecule has 34 heavy (non-hydrogen) atoms. The van der Waals surface area contributed by atoms with Crippen LogP contribution in [0.4, 0.5) is 4.39 Å². The minimum atomic E-state index is -0.749.